The molecule has 3 unspecified atom stereocenters. The van der Waals surface area contributed by atoms with Crippen LogP contribution in [0.3, 0.4) is 0 Å². The number of hydrogen-bond acceptors (Lipinski definition) is 11. The largest absolute Gasteiger partial charge is 0.422 e. The van der Waals surface area contributed by atoms with E-state index in [0.717, 1.165) is 25.0 Å². The summed E-state index contributed by atoms with van der Waals surface area (Å²) in [4.78, 5) is 59.2. The summed E-state index contributed by atoms with van der Waals surface area (Å²) in [5.41, 5.74) is 0.0690. The van der Waals surface area contributed by atoms with E-state index in [2.05, 4.69) is 25.7 Å². The second-order valence-electron chi connectivity index (χ2n) is 10.9. The Morgan fingerprint density at radius 2 is 1.61 bits per heavy atom. The molecule has 2 aliphatic heterocycles. The summed E-state index contributed by atoms with van der Waals surface area (Å²) >= 11 is 1.89. The molecule has 4 rings (SSSR count). The number of benzene rings is 1. The first-order valence-electron chi connectivity index (χ1n) is 15.5. The number of carbonyl (C=O) groups excluding carboxylic acids is 3. The van der Waals surface area contributed by atoms with Crippen molar-refractivity contribution in [3.8, 4) is 0 Å². The zero-order chi connectivity index (χ0) is 32.7. The molecular formula is C30H43N5O10S. The number of anilines is 1. The molecule has 0 bridgehead atoms. The summed E-state index contributed by atoms with van der Waals surface area (Å²) in [5, 5.41) is 12.1. The predicted octanol–water partition coefficient (Wildman–Crippen LogP) is 0.729. The molecule has 3 heterocycles. The third-order valence-electron chi connectivity index (χ3n) is 7.55. The zero-order valence-electron chi connectivity index (χ0n) is 26.0. The smallest absolute Gasteiger partial charge is 0.379 e. The zero-order valence-corrected chi connectivity index (χ0v) is 26.8. The van der Waals surface area contributed by atoms with Crippen LogP contribution in [0.1, 0.15) is 32.1 Å². The lowest BCUT2D eigenvalue weighted by atomic mass is 10.0. The minimum atomic E-state index is -0.759. The normalized spacial score (nSPS) is 18.7. The highest BCUT2D eigenvalue weighted by atomic mass is 32.2. The van der Waals surface area contributed by atoms with Crippen molar-refractivity contribution in [1.29, 1.82) is 0 Å². The Kier molecular flexibility index (Phi) is 14.4. The minimum Gasteiger partial charge on any atom is -0.379 e. The molecule has 0 spiro atoms. The van der Waals surface area contributed by atoms with Crippen LogP contribution in [0.5, 0.6) is 0 Å². The number of thioether (sulfide) groups is 1. The number of unbranched alkanes of at least 4 members (excludes halogenated alkanes) is 1. The fourth-order valence-electron chi connectivity index (χ4n) is 5.15. The number of carbonyl (C=O) groups is 3. The van der Waals surface area contributed by atoms with Gasteiger partial charge in [-0.05, 0) is 31.0 Å². The summed E-state index contributed by atoms with van der Waals surface area (Å²) in [5.74, 6) is -0.0663. The average Bonchev–Trinajstić information content (AvgIpc) is 3.59. The number of hydrogen-bond donors (Lipinski definition) is 4. The second kappa shape index (κ2) is 18.6. The number of urea groups is 1. The Bertz CT molecular complexity index is 1430. The van der Waals surface area contributed by atoms with Crippen LogP contribution < -0.4 is 32.6 Å². The van der Waals surface area contributed by atoms with Crippen LogP contribution in [0.4, 0.5) is 10.5 Å². The maximum atomic E-state index is 12.2. The molecule has 3 atom stereocenters. The van der Waals surface area contributed by atoms with Gasteiger partial charge in [0, 0.05) is 36.7 Å². The summed E-state index contributed by atoms with van der Waals surface area (Å²) in [7, 11) is 1.50. The molecule has 0 aliphatic carbocycles. The maximum Gasteiger partial charge on any atom is 0.422 e. The first kappa shape index (κ1) is 35.4. The Balaban J connectivity index is 0.890. The lowest BCUT2D eigenvalue weighted by Gasteiger charge is -2.16. The van der Waals surface area contributed by atoms with E-state index in [9.17, 15) is 24.0 Å². The van der Waals surface area contributed by atoms with Gasteiger partial charge in [-0.25, -0.2) is 14.4 Å². The number of rotatable bonds is 21. The number of aromatic nitrogens is 1. The summed E-state index contributed by atoms with van der Waals surface area (Å²) in [6.07, 6.45) is 3.38. The van der Waals surface area contributed by atoms with Gasteiger partial charge in [0.15, 0.2) is 0 Å². The van der Waals surface area contributed by atoms with Gasteiger partial charge in [-0.1, -0.05) is 6.42 Å². The van der Waals surface area contributed by atoms with Gasteiger partial charge in [-0.2, -0.15) is 11.8 Å². The van der Waals surface area contributed by atoms with Crippen molar-refractivity contribution in [2.45, 2.75) is 49.4 Å². The van der Waals surface area contributed by atoms with Crippen molar-refractivity contribution in [3.05, 3.63) is 39.2 Å². The summed E-state index contributed by atoms with van der Waals surface area (Å²) in [6, 6.07) is 5.01. The molecule has 4 N–H and O–H groups in total. The van der Waals surface area contributed by atoms with E-state index in [1.807, 2.05) is 11.8 Å². The van der Waals surface area contributed by atoms with Gasteiger partial charge in [0.25, 0.3) is 0 Å². The SMILES string of the molecule is Cn1c(=O)oc(=O)c2cc(NC(=O)CCOCCOCCOCCOCCNC(=O)CCCCC3SCC4NC(=O)NC43)ccc21. The van der Waals surface area contributed by atoms with Crippen molar-refractivity contribution in [2.24, 2.45) is 7.05 Å². The molecule has 16 heteroatoms. The molecule has 0 saturated carbocycles. The van der Waals surface area contributed by atoms with Gasteiger partial charge >= 0.3 is 17.4 Å². The summed E-state index contributed by atoms with van der Waals surface area (Å²) in [6.45, 7) is 3.39. The van der Waals surface area contributed by atoms with Crippen LogP contribution in [0.2, 0.25) is 0 Å². The quantitative estimate of drug-likeness (QED) is 0.109. The molecule has 1 aromatic carbocycles. The van der Waals surface area contributed by atoms with Crippen LogP contribution in [0.15, 0.2) is 32.2 Å². The Hall–Kier alpha value is -3.44. The topological polar surface area (TPSA) is 188 Å². The predicted molar refractivity (Wildman–Crippen MR) is 171 cm³/mol. The fraction of sp³-hybridized carbons (Fsp3) is 0.633. The molecule has 2 fully saturated rings. The van der Waals surface area contributed by atoms with Gasteiger partial charge in [0.2, 0.25) is 11.8 Å². The van der Waals surface area contributed by atoms with Crippen molar-refractivity contribution in [3.63, 3.8) is 0 Å². The van der Waals surface area contributed by atoms with E-state index >= 15 is 0 Å². The van der Waals surface area contributed by atoms with Gasteiger partial charge in [0.1, 0.15) is 0 Å². The third kappa shape index (κ3) is 11.1. The van der Waals surface area contributed by atoms with Gasteiger partial charge < -0.3 is 44.6 Å². The average molecular weight is 666 g/mol. The molecule has 1 aromatic heterocycles. The van der Waals surface area contributed by atoms with Gasteiger partial charge in [-0.3, -0.25) is 14.2 Å². The Morgan fingerprint density at radius 1 is 0.913 bits per heavy atom. The second-order valence-corrected chi connectivity index (χ2v) is 12.2. The standard InChI is InChI=1S/C30H43N5O10S/c1-35-23-7-6-20(18-21(23)28(38)45-30(35)40)32-26(37)8-10-41-12-14-43-16-17-44-15-13-42-11-9-31-25(36)5-3-2-4-24-27-22(19-46-24)33-29(39)34-27/h6-7,18,22,24,27H,2-5,8-17,19H2,1H3,(H,31,36)(H,32,37)(H2,33,34,39). The molecule has 46 heavy (non-hydrogen) atoms. The van der Waals surface area contributed by atoms with Crippen LogP contribution in [0, 0.1) is 0 Å². The first-order chi connectivity index (χ1) is 22.3. The number of nitrogens with zero attached hydrogens (tertiary/aromatic N) is 1. The maximum absolute atomic E-state index is 12.2. The fourth-order valence-corrected chi connectivity index (χ4v) is 6.69. The van der Waals surface area contributed by atoms with E-state index in [1.54, 1.807) is 12.1 Å². The molecule has 2 aliphatic rings. The number of aryl methyl sites for hydroxylation is 1. The molecule has 0 radical (unpaired) electrons. The van der Waals surface area contributed by atoms with Crippen LogP contribution in [-0.2, 0) is 35.6 Å². The lowest BCUT2D eigenvalue weighted by molar-refractivity contribution is -0.121. The molecule has 15 nitrogen and oxygen atoms in total. The van der Waals surface area contributed by atoms with Crippen molar-refractivity contribution in [2.75, 3.05) is 70.5 Å². The molecular weight excluding hydrogens is 622 g/mol. The van der Waals surface area contributed by atoms with E-state index in [0.29, 0.717) is 75.7 Å². The van der Waals surface area contributed by atoms with E-state index in [1.165, 1.54) is 17.7 Å². The lowest BCUT2D eigenvalue weighted by Crippen LogP contribution is -2.36. The monoisotopic (exact) mass is 665 g/mol. The number of amides is 4. The number of nitrogens with one attached hydrogen (secondary N) is 4. The van der Waals surface area contributed by atoms with E-state index in [4.69, 9.17) is 18.9 Å². The van der Waals surface area contributed by atoms with Gasteiger partial charge in [-0.15, -0.1) is 0 Å². The van der Waals surface area contributed by atoms with Gasteiger partial charge in [0.05, 0.1) is 82.3 Å². The number of ether oxygens (including phenoxy) is 4. The first-order valence-corrected chi connectivity index (χ1v) is 16.6. The molecule has 4 amide bonds. The third-order valence-corrected chi connectivity index (χ3v) is 9.06. The van der Waals surface area contributed by atoms with Crippen LogP contribution >= 0.6 is 11.8 Å². The summed E-state index contributed by atoms with van der Waals surface area (Å²) < 4.78 is 27.7. The molecule has 2 aromatic rings. The highest BCUT2D eigenvalue weighted by Gasteiger charge is 2.42. The van der Waals surface area contributed by atoms with Crippen molar-refractivity contribution >= 4 is 46.2 Å². The van der Waals surface area contributed by atoms with Crippen molar-refractivity contribution in [1.82, 2.24) is 20.5 Å². The highest BCUT2D eigenvalue weighted by Crippen LogP contribution is 2.33. The minimum absolute atomic E-state index is 0.0191. The van der Waals surface area contributed by atoms with Crippen LogP contribution in [0.25, 0.3) is 10.9 Å². The molecule has 254 valence electrons. The van der Waals surface area contributed by atoms with E-state index < -0.39 is 11.4 Å². The Labute approximate surface area is 270 Å². The van der Waals surface area contributed by atoms with E-state index in [-0.39, 0.29) is 48.3 Å². The van der Waals surface area contributed by atoms with Crippen molar-refractivity contribution < 1.29 is 37.7 Å². The molecule has 2 saturated heterocycles. The Morgan fingerprint density at radius 3 is 2.35 bits per heavy atom. The number of fused-ring (bicyclic) bond motifs is 2. The van der Waals surface area contributed by atoms with Crippen LogP contribution in [-0.4, -0.2) is 105 Å². The highest BCUT2D eigenvalue weighted by molar-refractivity contribution is 8.00.